The Labute approximate surface area is 138 Å². The summed E-state index contributed by atoms with van der Waals surface area (Å²) in [6.45, 7) is 0.483. The molecule has 0 saturated carbocycles. The standard InChI is InChI=1S/C19H15F2N3/c20-16-6-10-18(11-7-16)22-23-24(14-15-4-2-1-3-5-15)19-12-8-17(21)9-13-19/h1-13H,14H2. The van der Waals surface area contributed by atoms with E-state index in [1.807, 2.05) is 30.3 Å². The number of hydrogen-bond acceptors (Lipinski definition) is 2. The molecule has 0 heterocycles. The molecule has 120 valence electrons. The van der Waals surface area contributed by atoms with Crippen LogP contribution in [0.5, 0.6) is 0 Å². The molecule has 3 rings (SSSR count). The summed E-state index contributed by atoms with van der Waals surface area (Å²) >= 11 is 0. The quantitative estimate of drug-likeness (QED) is 0.439. The van der Waals surface area contributed by atoms with E-state index in [4.69, 9.17) is 0 Å². The van der Waals surface area contributed by atoms with Crippen molar-refractivity contribution in [2.75, 3.05) is 5.01 Å². The molecule has 0 amide bonds. The fourth-order valence-corrected chi connectivity index (χ4v) is 2.16. The van der Waals surface area contributed by atoms with Gasteiger partial charge >= 0.3 is 0 Å². The van der Waals surface area contributed by atoms with Crippen molar-refractivity contribution in [3.05, 3.63) is 96.1 Å². The summed E-state index contributed by atoms with van der Waals surface area (Å²) in [5.74, 6) is -0.637. The van der Waals surface area contributed by atoms with Crippen LogP contribution in [0, 0.1) is 11.6 Å². The van der Waals surface area contributed by atoms with E-state index in [9.17, 15) is 8.78 Å². The van der Waals surface area contributed by atoms with Crippen LogP contribution in [-0.4, -0.2) is 0 Å². The zero-order valence-electron chi connectivity index (χ0n) is 12.8. The molecular formula is C19H15F2N3. The van der Waals surface area contributed by atoms with Crippen molar-refractivity contribution in [1.82, 2.24) is 0 Å². The Balaban J connectivity index is 1.86. The van der Waals surface area contributed by atoms with Crippen LogP contribution >= 0.6 is 0 Å². The van der Waals surface area contributed by atoms with Gasteiger partial charge in [-0.15, -0.1) is 5.11 Å². The molecule has 0 radical (unpaired) electrons. The average molecular weight is 323 g/mol. The summed E-state index contributed by atoms with van der Waals surface area (Å²) < 4.78 is 26.1. The number of nitrogens with zero attached hydrogens (tertiary/aromatic N) is 3. The number of hydrogen-bond donors (Lipinski definition) is 0. The maximum absolute atomic E-state index is 13.2. The van der Waals surface area contributed by atoms with Crippen LogP contribution in [0.2, 0.25) is 0 Å². The Bertz CT molecular complexity index is 800. The third-order valence-corrected chi connectivity index (χ3v) is 3.39. The van der Waals surface area contributed by atoms with Crippen LogP contribution in [0.15, 0.2) is 89.2 Å². The minimum absolute atomic E-state index is 0.311. The molecule has 0 aliphatic carbocycles. The van der Waals surface area contributed by atoms with E-state index in [0.717, 1.165) is 5.56 Å². The van der Waals surface area contributed by atoms with Crippen molar-refractivity contribution in [2.45, 2.75) is 6.54 Å². The van der Waals surface area contributed by atoms with Gasteiger partial charge in [-0.3, -0.25) is 0 Å². The lowest BCUT2D eigenvalue weighted by Crippen LogP contribution is -2.14. The van der Waals surface area contributed by atoms with E-state index in [2.05, 4.69) is 10.3 Å². The van der Waals surface area contributed by atoms with Crippen LogP contribution < -0.4 is 5.01 Å². The maximum Gasteiger partial charge on any atom is 0.123 e. The Morgan fingerprint density at radius 2 is 1.29 bits per heavy atom. The smallest absolute Gasteiger partial charge is 0.123 e. The Kier molecular flexibility index (Phi) is 4.91. The van der Waals surface area contributed by atoms with Crippen molar-refractivity contribution < 1.29 is 8.78 Å². The Morgan fingerprint density at radius 1 is 0.708 bits per heavy atom. The molecule has 24 heavy (non-hydrogen) atoms. The molecule has 3 aromatic rings. The normalized spacial score (nSPS) is 10.9. The van der Waals surface area contributed by atoms with Gasteiger partial charge in [0.2, 0.25) is 0 Å². The lowest BCUT2D eigenvalue weighted by Gasteiger charge is -2.17. The van der Waals surface area contributed by atoms with Crippen molar-refractivity contribution in [3.63, 3.8) is 0 Å². The van der Waals surface area contributed by atoms with Gasteiger partial charge in [-0.1, -0.05) is 35.6 Å². The predicted octanol–water partition coefficient (Wildman–Crippen LogP) is 5.67. The summed E-state index contributed by atoms with van der Waals surface area (Å²) in [5.41, 5.74) is 2.29. The summed E-state index contributed by atoms with van der Waals surface area (Å²) in [7, 11) is 0. The highest BCUT2D eigenvalue weighted by Crippen LogP contribution is 2.21. The van der Waals surface area contributed by atoms with E-state index in [0.29, 0.717) is 17.9 Å². The van der Waals surface area contributed by atoms with Gasteiger partial charge in [0, 0.05) is 0 Å². The average Bonchev–Trinajstić information content (AvgIpc) is 2.62. The molecule has 3 aromatic carbocycles. The molecule has 0 N–H and O–H groups in total. The molecule has 3 nitrogen and oxygen atoms in total. The lowest BCUT2D eigenvalue weighted by molar-refractivity contribution is 0.627. The zero-order valence-corrected chi connectivity index (χ0v) is 12.8. The van der Waals surface area contributed by atoms with E-state index in [-0.39, 0.29) is 11.6 Å². The molecule has 0 unspecified atom stereocenters. The summed E-state index contributed by atoms with van der Waals surface area (Å²) in [6.07, 6.45) is 0. The largest absolute Gasteiger partial charge is 0.242 e. The fourth-order valence-electron chi connectivity index (χ4n) is 2.16. The van der Waals surface area contributed by atoms with Crippen LogP contribution in [0.4, 0.5) is 20.2 Å². The summed E-state index contributed by atoms with van der Waals surface area (Å²) in [4.78, 5) is 0. The highest BCUT2D eigenvalue weighted by molar-refractivity contribution is 5.46. The SMILES string of the molecule is Fc1ccc(N=NN(Cc2ccccc2)c2ccc(F)cc2)cc1. The first-order valence-corrected chi connectivity index (χ1v) is 7.45. The Morgan fingerprint density at radius 3 is 1.92 bits per heavy atom. The van der Waals surface area contributed by atoms with E-state index >= 15 is 0 Å². The molecule has 0 aromatic heterocycles. The minimum atomic E-state index is -0.325. The summed E-state index contributed by atoms with van der Waals surface area (Å²) in [5, 5.41) is 10.0. The molecule has 5 heteroatoms. The Hall–Kier alpha value is -3.08. The van der Waals surface area contributed by atoms with Gasteiger partial charge in [0.25, 0.3) is 0 Å². The molecule has 0 bridgehead atoms. The van der Waals surface area contributed by atoms with Crippen molar-refractivity contribution >= 4 is 11.4 Å². The van der Waals surface area contributed by atoms with E-state index in [1.54, 1.807) is 29.3 Å². The third kappa shape index (κ3) is 4.23. The molecule has 0 fully saturated rings. The molecule has 0 saturated heterocycles. The van der Waals surface area contributed by atoms with Gasteiger partial charge in [-0.2, -0.15) is 0 Å². The zero-order chi connectivity index (χ0) is 16.8. The first kappa shape index (κ1) is 15.8. The number of halogens is 2. The summed E-state index contributed by atoms with van der Waals surface area (Å²) in [6, 6.07) is 21.5. The second-order valence-electron chi connectivity index (χ2n) is 5.19. The predicted molar refractivity (Wildman–Crippen MR) is 89.9 cm³/mol. The van der Waals surface area contributed by atoms with Gasteiger partial charge in [0.15, 0.2) is 0 Å². The highest BCUT2D eigenvalue weighted by atomic mass is 19.1. The van der Waals surface area contributed by atoms with Crippen LogP contribution in [-0.2, 0) is 6.54 Å². The topological polar surface area (TPSA) is 28.0 Å². The van der Waals surface area contributed by atoms with Gasteiger partial charge in [-0.25, -0.2) is 13.8 Å². The molecule has 0 aliphatic rings. The minimum Gasteiger partial charge on any atom is -0.242 e. The van der Waals surface area contributed by atoms with Gasteiger partial charge in [0.05, 0.1) is 17.9 Å². The number of rotatable bonds is 5. The van der Waals surface area contributed by atoms with Gasteiger partial charge in [0.1, 0.15) is 11.6 Å². The van der Waals surface area contributed by atoms with Crippen LogP contribution in [0.1, 0.15) is 5.56 Å². The van der Waals surface area contributed by atoms with E-state index < -0.39 is 0 Å². The fraction of sp³-hybridized carbons (Fsp3) is 0.0526. The monoisotopic (exact) mass is 323 g/mol. The van der Waals surface area contributed by atoms with Gasteiger partial charge in [-0.05, 0) is 54.1 Å². The van der Waals surface area contributed by atoms with Crippen molar-refractivity contribution in [3.8, 4) is 0 Å². The molecular weight excluding hydrogens is 308 g/mol. The van der Waals surface area contributed by atoms with Crippen LogP contribution in [0.25, 0.3) is 0 Å². The second kappa shape index (κ2) is 7.46. The molecule has 0 aliphatic heterocycles. The van der Waals surface area contributed by atoms with Crippen LogP contribution in [0.3, 0.4) is 0 Å². The first-order chi connectivity index (χ1) is 11.7. The first-order valence-electron chi connectivity index (χ1n) is 7.45. The number of benzene rings is 3. The number of anilines is 1. The maximum atomic E-state index is 13.2. The van der Waals surface area contributed by atoms with Crippen molar-refractivity contribution in [1.29, 1.82) is 0 Å². The van der Waals surface area contributed by atoms with Gasteiger partial charge < -0.3 is 0 Å². The van der Waals surface area contributed by atoms with Crippen molar-refractivity contribution in [2.24, 2.45) is 10.3 Å². The highest BCUT2D eigenvalue weighted by Gasteiger charge is 2.07. The second-order valence-corrected chi connectivity index (χ2v) is 5.19. The molecule has 0 atom stereocenters. The molecule has 0 spiro atoms. The third-order valence-electron chi connectivity index (χ3n) is 3.39. The van der Waals surface area contributed by atoms with E-state index in [1.165, 1.54) is 24.3 Å². The lowest BCUT2D eigenvalue weighted by atomic mass is 10.2.